The number of ether oxygens (including phenoxy) is 3. The molecule has 0 aromatic heterocycles. The summed E-state index contributed by atoms with van der Waals surface area (Å²) in [4.78, 5) is 33.0. The summed E-state index contributed by atoms with van der Waals surface area (Å²) >= 11 is 0. The Balaban J connectivity index is 2.90. The molecule has 0 bridgehead atoms. The lowest BCUT2D eigenvalue weighted by Crippen LogP contribution is -2.59. The van der Waals surface area contributed by atoms with Crippen molar-refractivity contribution in [3.63, 3.8) is 0 Å². The Morgan fingerprint density at radius 3 is 1.70 bits per heavy atom. The number of aliphatic hydroxyl groups excluding tert-OH is 2. The molecule has 8 nitrogen and oxygen atoms in total. The third-order valence-corrected chi connectivity index (χ3v) is 2.84. The number of carbonyl (C=O) groups is 3. The zero-order valence-corrected chi connectivity index (χ0v) is 11.4. The van der Waals surface area contributed by atoms with Gasteiger partial charge in [0.1, 0.15) is 24.4 Å². The van der Waals surface area contributed by atoms with Gasteiger partial charge in [0.25, 0.3) is 0 Å². The summed E-state index contributed by atoms with van der Waals surface area (Å²) in [7, 11) is 0. The summed E-state index contributed by atoms with van der Waals surface area (Å²) in [5.41, 5.74) is 0. The van der Waals surface area contributed by atoms with E-state index < -0.39 is 48.4 Å². The first-order valence-electron chi connectivity index (χ1n) is 6.10. The van der Waals surface area contributed by atoms with Gasteiger partial charge in [0, 0.05) is 27.2 Å². The van der Waals surface area contributed by atoms with E-state index in [-0.39, 0.29) is 6.42 Å². The van der Waals surface area contributed by atoms with Crippen molar-refractivity contribution >= 4 is 17.9 Å². The average Bonchev–Trinajstić information content (AvgIpc) is 2.29. The van der Waals surface area contributed by atoms with Crippen molar-refractivity contribution in [2.75, 3.05) is 0 Å². The highest BCUT2D eigenvalue weighted by molar-refractivity contribution is 5.68. The van der Waals surface area contributed by atoms with Gasteiger partial charge >= 0.3 is 17.9 Å². The molecule has 0 aromatic carbocycles. The first kappa shape index (κ1) is 16.4. The standard InChI is InChI=1S/C12H18O8/c1-5(13)18-8-4-9(19-6(2)14)12(20-7(3)15)11(17)10(8)16/h8-12,16-17H,4H2,1-3H3/t8-,9-,10+,11+,12-/m0/s1. The van der Waals surface area contributed by atoms with Gasteiger partial charge in [-0.3, -0.25) is 14.4 Å². The minimum atomic E-state index is -1.53. The summed E-state index contributed by atoms with van der Waals surface area (Å²) in [6.45, 7) is 3.43. The highest BCUT2D eigenvalue weighted by Gasteiger charge is 2.48. The Bertz CT molecular complexity index is 393. The van der Waals surface area contributed by atoms with Gasteiger partial charge in [-0.25, -0.2) is 0 Å². The summed E-state index contributed by atoms with van der Waals surface area (Å²) in [6, 6.07) is 0. The fraction of sp³-hybridized carbons (Fsp3) is 0.750. The van der Waals surface area contributed by atoms with Crippen molar-refractivity contribution in [3.8, 4) is 0 Å². The highest BCUT2D eigenvalue weighted by Crippen LogP contribution is 2.28. The number of aliphatic hydroxyl groups is 2. The SMILES string of the molecule is CC(=O)O[C@@H]1[C@H](O)[C@H](O)[C@@H](OC(C)=O)C[C@@H]1OC(C)=O. The Kier molecular flexibility index (Phi) is 5.46. The fourth-order valence-corrected chi connectivity index (χ4v) is 2.13. The molecule has 5 atom stereocenters. The van der Waals surface area contributed by atoms with Gasteiger partial charge in [0.2, 0.25) is 0 Å². The molecular weight excluding hydrogens is 272 g/mol. The van der Waals surface area contributed by atoms with Gasteiger partial charge in [-0.15, -0.1) is 0 Å². The fourth-order valence-electron chi connectivity index (χ4n) is 2.13. The van der Waals surface area contributed by atoms with Crippen LogP contribution in [0.4, 0.5) is 0 Å². The van der Waals surface area contributed by atoms with Gasteiger partial charge < -0.3 is 24.4 Å². The second-order valence-electron chi connectivity index (χ2n) is 4.59. The maximum Gasteiger partial charge on any atom is 0.303 e. The van der Waals surface area contributed by atoms with Crippen LogP contribution in [0.1, 0.15) is 27.2 Å². The summed E-state index contributed by atoms with van der Waals surface area (Å²) in [5, 5.41) is 19.8. The minimum absolute atomic E-state index is 0.0741. The summed E-state index contributed by atoms with van der Waals surface area (Å²) in [5.74, 6) is -1.98. The van der Waals surface area contributed by atoms with Crippen molar-refractivity contribution in [2.45, 2.75) is 57.7 Å². The predicted octanol–water partition coefficient (Wildman–Crippen LogP) is -1.09. The number of hydrogen-bond donors (Lipinski definition) is 2. The molecule has 1 aliphatic rings. The van der Waals surface area contributed by atoms with Crippen LogP contribution in [0.15, 0.2) is 0 Å². The molecule has 1 aliphatic carbocycles. The third kappa shape index (κ3) is 4.17. The van der Waals surface area contributed by atoms with Crippen LogP contribution in [0.5, 0.6) is 0 Å². The lowest BCUT2D eigenvalue weighted by atomic mass is 9.87. The minimum Gasteiger partial charge on any atom is -0.460 e. The van der Waals surface area contributed by atoms with Crippen molar-refractivity contribution in [3.05, 3.63) is 0 Å². The lowest BCUT2D eigenvalue weighted by molar-refractivity contribution is -0.215. The van der Waals surface area contributed by atoms with E-state index in [0.717, 1.165) is 20.8 Å². The maximum absolute atomic E-state index is 11.0. The van der Waals surface area contributed by atoms with Crippen LogP contribution in [0.25, 0.3) is 0 Å². The Morgan fingerprint density at radius 2 is 1.25 bits per heavy atom. The van der Waals surface area contributed by atoms with E-state index in [1.165, 1.54) is 0 Å². The Morgan fingerprint density at radius 1 is 0.800 bits per heavy atom. The summed E-state index contributed by atoms with van der Waals surface area (Å²) in [6.07, 6.45) is -6.29. The normalized spacial score (nSPS) is 33.1. The van der Waals surface area contributed by atoms with E-state index in [1.807, 2.05) is 0 Å². The van der Waals surface area contributed by atoms with E-state index in [0.29, 0.717) is 0 Å². The molecule has 1 fully saturated rings. The first-order chi connectivity index (χ1) is 9.22. The van der Waals surface area contributed by atoms with E-state index >= 15 is 0 Å². The number of rotatable bonds is 3. The molecule has 0 heterocycles. The molecule has 0 amide bonds. The molecule has 20 heavy (non-hydrogen) atoms. The number of esters is 3. The van der Waals surface area contributed by atoms with Crippen LogP contribution in [0, 0.1) is 0 Å². The smallest absolute Gasteiger partial charge is 0.303 e. The van der Waals surface area contributed by atoms with Gasteiger partial charge in [-0.05, 0) is 0 Å². The van der Waals surface area contributed by atoms with Crippen LogP contribution in [-0.2, 0) is 28.6 Å². The predicted molar refractivity (Wildman–Crippen MR) is 63.3 cm³/mol. The Labute approximate surface area is 115 Å². The van der Waals surface area contributed by atoms with E-state index in [4.69, 9.17) is 14.2 Å². The van der Waals surface area contributed by atoms with Crippen LogP contribution in [0.3, 0.4) is 0 Å². The van der Waals surface area contributed by atoms with Crippen molar-refractivity contribution in [2.24, 2.45) is 0 Å². The molecule has 0 unspecified atom stereocenters. The zero-order valence-electron chi connectivity index (χ0n) is 11.4. The van der Waals surface area contributed by atoms with E-state index in [1.54, 1.807) is 0 Å². The average molecular weight is 290 g/mol. The lowest BCUT2D eigenvalue weighted by Gasteiger charge is -2.40. The van der Waals surface area contributed by atoms with Crippen LogP contribution >= 0.6 is 0 Å². The molecule has 0 saturated heterocycles. The second kappa shape index (κ2) is 6.67. The van der Waals surface area contributed by atoms with Gasteiger partial charge in [-0.1, -0.05) is 0 Å². The molecule has 1 rings (SSSR count). The quantitative estimate of drug-likeness (QED) is 0.497. The van der Waals surface area contributed by atoms with E-state index in [9.17, 15) is 24.6 Å². The summed E-state index contributed by atoms with van der Waals surface area (Å²) < 4.78 is 14.7. The molecule has 0 radical (unpaired) electrons. The third-order valence-electron chi connectivity index (χ3n) is 2.84. The van der Waals surface area contributed by atoms with Crippen LogP contribution in [-0.4, -0.2) is 58.6 Å². The first-order valence-corrected chi connectivity index (χ1v) is 6.10. The van der Waals surface area contributed by atoms with Crippen LogP contribution < -0.4 is 0 Å². The molecule has 1 saturated carbocycles. The van der Waals surface area contributed by atoms with Crippen LogP contribution in [0.2, 0.25) is 0 Å². The molecular formula is C12H18O8. The Hall–Kier alpha value is -1.67. The van der Waals surface area contributed by atoms with Crippen molar-refractivity contribution in [1.29, 1.82) is 0 Å². The molecule has 0 spiro atoms. The highest BCUT2D eigenvalue weighted by atomic mass is 16.6. The molecule has 0 aliphatic heterocycles. The van der Waals surface area contributed by atoms with Gasteiger partial charge in [-0.2, -0.15) is 0 Å². The van der Waals surface area contributed by atoms with Gasteiger partial charge in [0.15, 0.2) is 6.10 Å². The van der Waals surface area contributed by atoms with E-state index in [2.05, 4.69) is 0 Å². The maximum atomic E-state index is 11.0. The van der Waals surface area contributed by atoms with Crippen molar-refractivity contribution in [1.82, 2.24) is 0 Å². The second-order valence-corrected chi connectivity index (χ2v) is 4.59. The zero-order chi connectivity index (χ0) is 15.4. The van der Waals surface area contributed by atoms with Gasteiger partial charge in [0.05, 0.1) is 0 Å². The largest absolute Gasteiger partial charge is 0.460 e. The number of carbonyl (C=O) groups excluding carboxylic acids is 3. The number of hydrogen-bond acceptors (Lipinski definition) is 8. The topological polar surface area (TPSA) is 119 Å². The molecule has 0 aromatic rings. The molecule has 8 heteroatoms. The monoisotopic (exact) mass is 290 g/mol. The molecule has 114 valence electrons. The van der Waals surface area contributed by atoms with Crippen molar-refractivity contribution < 1.29 is 38.8 Å². The molecule has 2 N–H and O–H groups in total.